The van der Waals surface area contributed by atoms with Gasteiger partial charge in [0, 0.05) is 24.3 Å². The highest BCUT2D eigenvalue weighted by Crippen LogP contribution is 2.52. The second-order valence-electron chi connectivity index (χ2n) is 7.27. The van der Waals surface area contributed by atoms with E-state index in [9.17, 15) is 0 Å². The number of hydrogen-bond acceptors (Lipinski definition) is 2. The van der Waals surface area contributed by atoms with Crippen molar-refractivity contribution in [2.75, 3.05) is 13.2 Å². The third-order valence-corrected chi connectivity index (χ3v) is 10.5. The van der Waals surface area contributed by atoms with Crippen LogP contribution >= 0.6 is 0 Å². The van der Waals surface area contributed by atoms with Crippen molar-refractivity contribution in [3.63, 3.8) is 0 Å². The average molecular weight is 313 g/mol. The quantitative estimate of drug-likeness (QED) is 0.527. The van der Waals surface area contributed by atoms with Crippen LogP contribution in [0.4, 0.5) is 0 Å². The van der Waals surface area contributed by atoms with Gasteiger partial charge in [0.2, 0.25) is 0 Å². The van der Waals surface area contributed by atoms with Crippen LogP contribution in [0.5, 0.6) is 0 Å². The van der Waals surface area contributed by atoms with Gasteiger partial charge in [0.25, 0.3) is 0 Å². The molecule has 2 rings (SSSR count). The van der Waals surface area contributed by atoms with Gasteiger partial charge in [-0.3, -0.25) is 0 Å². The van der Waals surface area contributed by atoms with Crippen LogP contribution in [-0.2, 0) is 8.85 Å². The molecule has 0 radical (unpaired) electrons. The zero-order valence-electron chi connectivity index (χ0n) is 14.5. The van der Waals surface area contributed by atoms with E-state index >= 15 is 0 Å². The minimum atomic E-state index is -2.07. The summed E-state index contributed by atoms with van der Waals surface area (Å²) in [6.45, 7) is 8.74. The summed E-state index contributed by atoms with van der Waals surface area (Å²) in [6.07, 6.45) is 13.3. The van der Waals surface area contributed by atoms with Gasteiger partial charge in [0.1, 0.15) is 0 Å². The highest BCUT2D eigenvalue weighted by molar-refractivity contribution is 6.70. The van der Waals surface area contributed by atoms with Crippen molar-refractivity contribution in [1.29, 1.82) is 0 Å². The molecule has 2 fully saturated rings. The Morgan fingerprint density at radius 3 is 1.90 bits per heavy atom. The van der Waals surface area contributed by atoms with Gasteiger partial charge in [-0.05, 0) is 38.0 Å². The fraction of sp³-hybridized carbons (Fsp3) is 1.00. The first-order valence-electron chi connectivity index (χ1n) is 9.52. The molecule has 0 aromatic heterocycles. The average Bonchev–Trinajstić information content (AvgIpc) is 2.96. The summed E-state index contributed by atoms with van der Waals surface area (Å²) in [7, 11) is -2.07. The van der Waals surface area contributed by atoms with Crippen LogP contribution in [0, 0.1) is 5.92 Å². The molecule has 124 valence electrons. The first-order valence-corrected chi connectivity index (χ1v) is 11.5. The Morgan fingerprint density at radius 2 is 1.43 bits per heavy atom. The lowest BCUT2D eigenvalue weighted by atomic mass is 10.0. The lowest BCUT2D eigenvalue weighted by Gasteiger charge is -2.44. The molecule has 2 unspecified atom stereocenters. The number of rotatable bonds is 8. The van der Waals surface area contributed by atoms with Gasteiger partial charge in [0.15, 0.2) is 0 Å². The largest absolute Gasteiger partial charge is 0.394 e. The van der Waals surface area contributed by atoms with E-state index in [4.69, 9.17) is 8.85 Å². The summed E-state index contributed by atoms with van der Waals surface area (Å²) in [5.41, 5.74) is 1.51. The summed E-state index contributed by atoms with van der Waals surface area (Å²) in [5.74, 6) is 0.812. The fourth-order valence-electron chi connectivity index (χ4n) is 4.57. The van der Waals surface area contributed by atoms with Crippen LogP contribution in [0.3, 0.4) is 0 Å². The van der Waals surface area contributed by atoms with Crippen molar-refractivity contribution in [3.8, 4) is 0 Å². The first-order chi connectivity index (χ1) is 10.2. The van der Waals surface area contributed by atoms with Gasteiger partial charge >= 0.3 is 8.56 Å². The third kappa shape index (κ3) is 4.11. The third-order valence-electron chi connectivity index (χ3n) is 5.62. The molecule has 0 spiro atoms. The van der Waals surface area contributed by atoms with Gasteiger partial charge in [-0.2, -0.15) is 0 Å². The molecule has 0 bridgehead atoms. The van der Waals surface area contributed by atoms with Gasteiger partial charge in [-0.1, -0.05) is 52.9 Å². The monoisotopic (exact) mass is 312 g/mol. The normalized spacial score (nSPS) is 28.1. The Hall–Kier alpha value is 0.137. The first kappa shape index (κ1) is 17.5. The van der Waals surface area contributed by atoms with Gasteiger partial charge in [0.05, 0.1) is 0 Å². The Labute approximate surface area is 133 Å². The van der Waals surface area contributed by atoms with Crippen LogP contribution < -0.4 is 0 Å². The molecule has 0 N–H and O–H groups in total. The molecule has 0 amide bonds. The van der Waals surface area contributed by atoms with E-state index in [1.54, 1.807) is 0 Å². The summed E-state index contributed by atoms with van der Waals surface area (Å²) in [4.78, 5) is 0. The predicted molar refractivity (Wildman–Crippen MR) is 91.8 cm³/mol. The second kappa shape index (κ2) is 8.69. The van der Waals surface area contributed by atoms with Gasteiger partial charge in [-0.15, -0.1) is 0 Å². The van der Waals surface area contributed by atoms with Crippen LogP contribution in [0.25, 0.3) is 0 Å². The SMILES string of the molecule is CCCO[Si](OCCC)(C1CCCCC1)C1CCCC1C. The minimum absolute atomic E-state index is 0.749. The summed E-state index contributed by atoms with van der Waals surface area (Å²) in [5, 5.41) is 0. The highest BCUT2D eigenvalue weighted by atomic mass is 28.4. The molecule has 0 aliphatic heterocycles. The molecular formula is C18H36O2Si. The minimum Gasteiger partial charge on any atom is -0.394 e. The Morgan fingerprint density at radius 1 is 0.810 bits per heavy atom. The van der Waals surface area contributed by atoms with Crippen molar-refractivity contribution in [1.82, 2.24) is 0 Å². The maximum atomic E-state index is 6.69. The van der Waals surface area contributed by atoms with E-state index < -0.39 is 8.56 Å². The van der Waals surface area contributed by atoms with Crippen LogP contribution in [0.15, 0.2) is 0 Å². The molecule has 2 atom stereocenters. The van der Waals surface area contributed by atoms with Crippen LogP contribution in [-0.4, -0.2) is 21.8 Å². The van der Waals surface area contributed by atoms with E-state index in [0.29, 0.717) is 0 Å². The summed E-state index contributed by atoms with van der Waals surface area (Å²) in [6, 6.07) is 0. The zero-order valence-corrected chi connectivity index (χ0v) is 15.5. The van der Waals surface area contributed by atoms with Crippen molar-refractivity contribution < 1.29 is 8.85 Å². The smallest absolute Gasteiger partial charge is 0.344 e. The fourth-order valence-corrected chi connectivity index (χ4v) is 9.98. The lowest BCUT2D eigenvalue weighted by molar-refractivity contribution is 0.135. The second-order valence-corrected chi connectivity index (χ2v) is 10.8. The Bertz CT molecular complexity index is 281. The maximum absolute atomic E-state index is 6.69. The molecule has 3 heteroatoms. The highest BCUT2D eigenvalue weighted by Gasteiger charge is 2.55. The molecule has 2 aliphatic carbocycles. The molecule has 0 heterocycles. The Kier molecular flexibility index (Phi) is 7.23. The zero-order chi connectivity index (χ0) is 15.1. The van der Waals surface area contributed by atoms with Crippen molar-refractivity contribution in [3.05, 3.63) is 0 Å². The van der Waals surface area contributed by atoms with Crippen molar-refractivity contribution in [2.45, 2.75) is 96.1 Å². The molecule has 0 aromatic carbocycles. The van der Waals surface area contributed by atoms with E-state index in [1.165, 1.54) is 51.4 Å². The molecule has 0 saturated heterocycles. The molecule has 2 saturated carbocycles. The summed E-state index contributed by atoms with van der Waals surface area (Å²) < 4.78 is 13.4. The molecule has 0 aromatic rings. The molecule has 2 aliphatic rings. The Balaban J connectivity index is 2.21. The molecule has 21 heavy (non-hydrogen) atoms. The topological polar surface area (TPSA) is 18.5 Å². The van der Waals surface area contributed by atoms with Gasteiger partial charge < -0.3 is 8.85 Å². The van der Waals surface area contributed by atoms with E-state index in [-0.39, 0.29) is 0 Å². The molecular weight excluding hydrogens is 276 g/mol. The van der Waals surface area contributed by atoms with Crippen LogP contribution in [0.2, 0.25) is 11.1 Å². The molecule has 2 nitrogen and oxygen atoms in total. The lowest BCUT2D eigenvalue weighted by Crippen LogP contribution is -2.53. The van der Waals surface area contributed by atoms with Gasteiger partial charge in [-0.25, -0.2) is 0 Å². The van der Waals surface area contributed by atoms with Crippen LogP contribution in [0.1, 0.15) is 85.0 Å². The van der Waals surface area contributed by atoms with E-state index in [2.05, 4.69) is 20.8 Å². The van der Waals surface area contributed by atoms with E-state index in [0.717, 1.165) is 43.1 Å². The number of hydrogen-bond donors (Lipinski definition) is 0. The van der Waals surface area contributed by atoms with Crippen molar-refractivity contribution >= 4 is 8.56 Å². The van der Waals surface area contributed by atoms with E-state index in [1.807, 2.05) is 0 Å². The van der Waals surface area contributed by atoms with Crippen molar-refractivity contribution in [2.24, 2.45) is 5.92 Å². The standard InChI is InChI=1S/C18H36O2Si/c1-4-14-19-21(20-15-5-2,17-11-7-6-8-12-17)18-13-9-10-16(18)3/h16-18H,4-15H2,1-3H3. The summed E-state index contributed by atoms with van der Waals surface area (Å²) >= 11 is 0. The predicted octanol–water partition coefficient (Wildman–Crippen LogP) is 5.81. The maximum Gasteiger partial charge on any atom is 0.344 e.